The van der Waals surface area contributed by atoms with E-state index < -0.39 is 0 Å². The lowest BCUT2D eigenvalue weighted by molar-refractivity contribution is 0.673. The average Bonchev–Trinajstić information content (AvgIpc) is 2.96. The van der Waals surface area contributed by atoms with E-state index in [1.165, 1.54) is 17.3 Å². The fraction of sp³-hybridized carbons (Fsp3) is 0.267. The number of aryl methyl sites for hydroxylation is 1. The Bertz CT molecular complexity index is 691. The van der Waals surface area contributed by atoms with Crippen LogP contribution in [0.5, 0.6) is 0 Å². The second-order valence-electron chi connectivity index (χ2n) is 4.80. The summed E-state index contributed by atoms with van der Waals surface area (Å²) < 4.78 is 0. The van der Waals surface area contributed by atoms with Gasteiger partial charge in [-0.05, 0) is 24.6 Å². The lowest BCUT2D eigenvalue weighted by atomic mass is 10.1. The predicted octanol–water partition coefficient (Wildman–Crippen LogP) is 1.99. The van der Waals surface area contributed by atoms with Crippen LogP contribution >= 0.6 is 0 Å². The number of fused-ring (bicyclic) bond motifs is 1. The number of para-hydroxylation sites is 1. The number of hydrogen-bond donors (Lipinski definition) is 2. The number of nitrogens with zero attached hydrogens (tertiary/aromatic N) is 3. The van der Waals surface area contributed by atoms with Crippen molar-refractivity contribution in [3.05, 3.63) is 53.7 Å². The summed E-state index contributed by atoms with van der Waals surface area (Å²) >= 11 is 0. The third-order valence-corrected chi connectivity index (χ3v) is 3.25. The summed E-state index contributed by atoms with van der Waals surface area (Å²) in [5, 5.41) is 11.4. The molecule has 0 atom stereocenters. The smallest absolute Gasteiger partial charge is 0.137 e. The number of nitrogens with one attached hydrogen (secondary N) is 2. The number of rotatable bonds is 5. The lowest BCUT2D eigenvalue weighted by Crippen LogP contribution is -2.17. The van der Waals surface area contributed by atoms with Crippen molar-refractivity contribution in [3.8, 4) is 0 Å². The molecule has 2 aromatic heterocycles. The first-order valence-corrected chi connectivity index (χ1v) is 6.73. The highest BCUT2D eigenvalue weighted by molar-refractivity contribution is 5.82. The molecule has 0 aliphatic rings. The van der Waals surface area contributed by atoms with Gasteiger partial charge in [0.05, 0.1) is 5.52 Å². The summed E-state index contributed by atoms with van der Waals surface area (Å²) in [5.74, 6) is 0.910. The van der Waals surface area contributed by atoms with E-state index in [0.717, 1.165) is 36.5 Å². The van der Waals surface area contributed by atoms with E-state index in [1.54, 1.807) is 0 Å². The highest BCUT2D eigenvalue weighted by atomic mass is 15.2. The Labute approximate surface area is 117 Å². The molecule has 0 saturated heterocycles. The van der Waals surface area contributed by atoms with E-state index in [2.05, 4.69) is 49.7 Å². The monoisotopic (exact) mass is 267 g/mol. The maximum Gasteiger partial charge on any atom is 0.137 e. The second kappa shape index (κ2) is 5.79. The fourth-order valence-corrected chi connectivity index (χ4v) is 2.32. The summed E-state index contributed by atoms with van der Waals surface area (Å²) in [6.45, 7) is 3.73. The van der Waals surface area contributed by atoms with Crippen LogP contribution in [-0.4, -0.2) is 26.7 Å². The minimum Gasteiger partial charge on any atom is -0.312 e. The Morgan fingerprint density at radius 2 is 2.15 bits per heavy atom. The quantitative estimate of drug-likeness (QED) is 0.694. The molecule has 2 heterocycles. The zero-order valence-corrected chi connectivity index (χ0v) is 11.4. The van der Waals surface area contributed by atoms with Crippen molar-refractivity contribution in [1.29, 1.82) is 0 Å². The molecule has 102 valence electrons. The van der Waals surface area contributed by atoms with Gasteiger partial charge in [-0.2, -0.15) is 5.10 Å². The predicted molar refractivity (Wildman–Crippen MR) is 78.3 cm³/mol. The molecule has 3 aromatic rings. The van der Waals surface area contributed by atoms with Gasteiger partial charge >= 0.3 is 0 Å². The summed E-state index contributed by atoms with van der Waals surface area (Å²) in [7, 11) is 0. The van der Waals surface area contributed by atoms with Crippen molar-refractivity contribution in [2.24, 2.45) is 0 Å². The van der Waals surface area contributed by atoms with Crippen molar-refractivity contribution in [1.82, 2.24) is 25.5 Å². The molecule has 2 N–H and O–H groups in total. The zero-order chi connectivity index (χ0) is 13.8. The molecule has 0 unspecified atom stereocenters. The summed E-state index contributed by atoms with van der Waals surface area (Å²) in [5.41, 5.74) is 3.39. The molecule has 20 heavy (non-hydrogen) atoms. The first-order valence-electron chi connectivity index (χ1n) is 6.73. The number of aromatic amines is 1. The van der Waals surface area contributed by atoms with Crippen LogP contribution < -0.4 is 5.32 Å². The van der Waals surface area contributed by atoms with Gasteiger partial charge in [-0.15, -0.1) is 0 Å². The van der Waals surface area contributed by atoms with E-state index >= 15 is 0 Å². The van der Waals surface area contributed by atoms with Crippen molar-refractivity contribution in [2.45, 2.75) is 19.9 Å². The molecule has 0 fully saturated rings. The summed E-state index contributed by atoms with van der Waals surface area (Å²) in [4.78, 5) is 8.66. The molecule has 0 aliphatic carbocycles. The van der Waals surface area contributed by atoms with Crippen molar-refractivity contribution >= 4 is 10.9 Å². The largest absolute Gasteiger partial charge is 0.312 e. The van der Waals surface area contributed by atoms with Crippen molar-refractivity contribution < 1.29 is 0 Å². The Morgan fingerprint density at radius 1 is 1.25 bits per heavy atom. The second-order valence-corrected chi connectivity index (χ2v) is 4.80. The Morgan fingerprint density at radius 3 is 3.00 bits per heavy atom. The van der Waals surface area contributed by atoms with Gasteiger partial charge in [0.15, 0.2) is 0 Å². The molecule has 3 rings (SSSR count). The van der Waals surface area contributed by atoms with Crippen LogP contribution in [0.3, 0.4) is 0 Å². The highest BCUT2D eigenvalue weighted by Crippen LogP contribution is 2.17. The normalized spacial score (nSPS) is 11.1. The van der Waals surface area contributed by atoms with Crippen LogP contribution in [0.25, 0.3) is 10.9 Å². The molecule has 5 nitrogen and oxygen atoms in total. The minimum absolute atomic E-state index is 0.831. The number of aromatic nitrogens is 4. The maximum absolute atomic E-state index is 4.55. The molecule has 0 aliphatic heterocycles. The molecular formula is C15H17N5. The minimum atomic E-state index is 0.831. The molecule has 0 bridgehead atoms. The molecular weight excluding hydrogens is 250 g/mol. The van der Waals surface area contributed by atoms with Gasteiger partial charge in [0.25, 0.3) is 0 Å². The Hall–Kier alpha value is -2.27. The SMILES string of the molecule is Cc1cc(CNCCc2ncn[nH]2)c2ccccc2n1. The van der Waals surface area contributed by atoms with E-state index in [1.807, 2.05) is 13.0 Å². The molecule has 0 amide bonds. The van der Waals surface area contributed by atoms with Crippen LogP contribution in [0.15, 0.2) is 36.7 Å². The Balaban J connectivity index is 1.68. The van der Waals surface area contributed by atoms with Gasteiger partial charge in [-0.1, -0.05) is 18.2 Å². The van der Waals surface area contributed by atoms with Crippen molar-refractivity contribution in [2.75, 3.05) is 6.54 Å². The first-order chi connectivity index (χ1) is 9.83. The fourth-order valence-electron chi connectivity index (χ4n) is 2.32. The Kier molecular flexibility index (Phi) is 3.69. The number of benzene rings is 1. The van der Waals surface area contributed by atoms with Gasteiger partial charge in [0.2, 0.25) is 0 Å². The van der Waals surface area contributed by atoms with E-state index in [0.29, 0.717) is 0 Å². The van der Waals surface area contributed by atoms with Gasteiger partial charge in [-0.25, -0.2) is 4.98 Å². The molecule has 0 saturated carbocycles. The molecule has 0 spiro atoms. The van der Waals surface area contributed by atoms with Crippen LogP contribution in [0.1, 0.15) is 17.1 Å². The topological polar surface area (TPSA) is 66.5 Å². The third kappa shape index (κ3) is 2.83. The zero-order valence-electron chi connectivity index (χ0n) is 11.4. The molecule has 0 radical (unpaired) electrons. The van der Waals surface area contributed by atoms with Gasteiger partial charge in [-0.3, -0.25) is 10.1 Å². The first kappa shape index (κ1) is 12.7. The van der Waals surface area contributed by atoms with Crippen LogP contribution in [0, 0.1) is 6.92 Å². The van der Waals surface area contributed by atoms with E-state index in [4.69, 9.17) is 0 Å². The van der Waals surface area contributed by atoms with Crippen LogP contribution in [0.4, 0.5) is 0 Å². The molecule has 5 heteroatoms. The number of H-pyrrole nitrogens is 1. The number of pyridine rings is 1. The van der Waals surface area contributed by atoms with Gasteiger partial charge in [0.1, 0.15) is 12.2 Å². The van der Waals surface area contributed by atoms with Gasteiger partial charge < -0.3 is 5.32 Å². The highest BCUT2D eigenvalue weighted by Gasteiger charge is 2.03. The van der Waals surface area contributed by atoms with Crippen LogP contribution in [0.2, 0.25) is 0 Å². The summed E-state index contributed by atoms with van der Waals surface area (Å²) in [6.07, 6.45) is 2.39. The van der Waals surface area contributed by atoms with Crippen LogP contribution in [-0.2, 0) is 13.0 Å². The number of hydrogen-bond acceptors (Lipinski definition) is 4. The lowest BCUT2D eigenvalue weighted by Gasteiger charge is -2.08. The summed E-state index contributed by atoms with van der Waals surface area (Å²) in [6, 6.07) is 10.4. The van der Waals surface area contributed by atoms with E-state index in [9.17, 15) is 0 Å². The molecule has 1 aromatic carbocycles. The van der Waals surface area contributed by atoms with Crippen molar-refractivity contribution in [3.63, 3.8) is 0 Å². The van der Waals surface area contributed by atoms with Gasteiger partial charge in [0, 0.05) is 30.6 Å². The maximum atomic E-state index is 4.55. The standard InChI is InChI=1S/C15H17N5/c1-11-8-12(13-4-2-3-5-14(13)19-11)9-16-7-6-15-17-10-18-20-15/h2-5,8,10,16H,6-7,9H2,1H3,(H,17,18,20). The van der Waals surface area contributed by atoms with E-state index in [-0.39, 0.29) is 0 Å². The average molecular weight is 267 g/mol. The third-order valence-electron chi connectivity index (χ3n) is 3.25.